The number of piperidine rings is 1. The van der Waals surface area contributed by atoms with Crippen LogP contribution < -0.4 is 5.32 Å². The average Bonchev–Trinajstić information content (AvgIpc) is 2.37. The fourth-order valence-corrected chi connectivity index (χ4v) is 3.01. The van der Waals surface area contributed by atoms with Crippen LogP contribution in [0.25, 0.3) is 0 Å². The van der Waals surface area contributed by atoms with Gasteiger partial charge in [0.1, 0.15) is 17.8 Å². The van der Waals surface area contributed by atoms with Gasteiger partial charge >= 0.3 is 6.18 Å². The summed E-state index contributed by atoms with van der Waals surface area (Å²) in [7, 11) is -3.22. The summed E-state index contributed by atoms with van der Waals surface area (Å²) in [6.07, 6.45) is -1.49. The van der Waals surface area contributed by atoms with Crippen molar-refractivity contribution >= 4 is 15.8 Å². The van der Waals surface area contributed by atoms with E-state index in [9.17, 15) is 21.6 Å². The normalized spacial score (nSPS) is 18.7. The van der Waals surface area contributed by atoms with E-state index in [1.807, 2.05) is 0 Å². The summed E-state index contributed by atoms with van der Waals surface area (Å²) >= 11 is 0. The molecule has 2 rings (SSSR count). The summed E-state index contributed by atoms with van der Waals surface area (Å²) in [5.74, 6) is 0.0927. The lowest BCUT2D eigenvalue weighted by molar-refractivity contribution is -0.141. The molecule has 21 heavy (non-hydrogen) atoms. The van der Waals surface area contributed by atoms with Gasteiger partial charge in [-0.2, -0.15) is 13.2 Å². The zero-order valence-corrected chi connectivity index (χ0v) is 12.1. The molecule has 1 aromatic rings. The topological polar surface area (TPSA) is 75.2 Å². The molecule has 2 heterocycles. The van der Waals surface area contributed by atoms with Crippen LogP contribution in [0.2, 0.25) is 0 Å². The number of nitrogens with one attached hydrogen (secondary N) is 1. The largest absolute Gasteiger partial charge is 0.433 e. The number of hydrogen-bond acceptors (Lipinski definition) is 5. The molecule has 1 N–H and O–H groups in total. The van der Waals surface area contributed by atoms with E-state index in [4.69, 9.17) is 0 Å². The molecule has 1 aliphatic heterocycles. The highest BCUT2D eigenvalue weighted by Crippen LogP contribution is 2.28. The molecule has 0 saturated carbocycles. The van der Waals surface area contributed by atoms with Gasteiger partial charge in [0.15, 0.2) is 0 Å². The van der Waals surface area contributed by atoms with E-state index in [1.165, 1.54) is 4.31 Å². The Morgan fingerprint density at radius 2 is 1.90 bits per heavy atom. The minimum absolute atomic E-state index is 0.0927. The van der Waals surface area contributed by atoms with Crippen LogP contribution in [-0.2, 0) is 16.2 Å². The number of halogens is 3. The van der Waals surface area contributed by atoms with E-state index in [2.05, 4.69) is 15.3 Å². The molecular weight excluding hydrogens is 309 g/mol. The van der Waals surface area contributed by atoms with Crippen molar-refractivity contribution in [3.8, 4) is 0 Å². The predicted molar refractivity (Wildman–Crippen MR) is 70.1 cm³/mol. The Morgan fingerprint density at radius 3 is 2.43 bits per heavy atom. The Kier molecular flexibility index (Phi) is 4.38. The second-order valence-electron chi connectivity index (χ2n) is 4.87. The predicted octanol–water partition coefficient (Wildman–Crippen LogP) is 1.33. The van der Waals surface area contributed by atoms with Gasteiger partial charge in [0.2, 0.25) is 10.0 Å². The second-order valence-corrected chi connectivity index (χ2v) is 6.85. The van der Waals surface area contributed by atoms with Crippen molar-refractivity contribution in [1.82, 2.24) is 14.3 Å². The number of sulfonamides is 1. The molecule has 118 valence electrons. The van der Waals surface area contributed by atoms with E-state index < -0.39 is 21.9 Å². The van der Waals surface area contributed by atoms with Gasteiger partial charge in [-0.05, 0) is 12.8 Å². The number of aromatic nitrogens is 2. The van der Waals surface area contributed by atoms with Gasteiger partial charge in [-0.1, -0.05) is 0 Å². The number of rotatable bonds is 3. The quantitative estimate of drug-likeness (QED) is 0.908. The molecule has 0 radical (unpaired) electrons. The standard InChI is InChI=1S/C11H15F3N4O2S/c1-21(19,20)18-4-2-8(3-5-18)17-10-6-9(11(12,13)14)15-7-16-10/h6-8H,2-5H2,1H3,(H,15,16,17). The summed E-state index contributed by atoms with van der Waals surface area (Å²) in [5, 5.41) is 2.89. The van der Waals surface area contributed by atoms with Gasteiger partial charge in [0.25, 0.3) is 0 Å². The molecular formula is C11H15F3N4O2S. The van der Waals surface area contributed by atoms with Gasteiger partial charge in [-0.3, -0.25) is 0 Å². The second kappa shape index (κ2) is 5.76. The molecule has 0 spiro atoms. The van der Waals surface area contributed by atoms with Crippen molar-refractivity contribution in [1.29, 1.82) is 0 Å². The van der Waals surface area contributed by atoms with Crippen LogP contribution in [0.4, 0.5) is 19.0 Å². The minimum Gasteiger partial charge on any atom is -0.367 e. The van der Waals surface area contributed by atoms with Gasteiger partial charge < -0.3 is 5.32 Å². The summed E-state index contributed by atoms with van der Waals surface area (Å²) in [6, 6.07) is 0.738. The van der Waals surface area contributed by atoms with Crippen molar-refractivity contribution in [3.05, 3.63) is 18.1 Å². The number of hydrogen-bond donors (Lipinski definition) is 1. The molecule has 6 nitrogen and oxygen atoms in total. The third-order valence-electron chi connectivity index (χ3n) is 3.23. The summed E-state index contributed by atoms with van der Waals surface area (Å²) < 4.78 is 61.7. The maximum absolute atomic E-state index is 12.5. The highest BCUT2D eigenvalue weighted by molar-refractivity contribution is 7.88. The van der Waals surface area contributed by atoms with Gasteiger partial charge in [-0.25, -0.2) is 22.7 Å². The molecule has 0 atom stereocenters. The maximum Gasteiger partial charge on any atom is 0.433 e. The first-order valence-electron chi connectivity index (χ1n) is 6.27. The lowest BCUT2D eigenvalue weighted by Gasteiger charge is -2.30. The fourth-order valence-electron chi connectivity index (χ4n) is 2.13. The Labute approximate surface area is 120 Å². The first-order valence-corrected chi connectivity index (χ1v) is 8.12. The van der Waals surface area contributed by atoms with E-state index in [0.29, 0.717) is 25.9 Å². The van der Waals surface area contributed by atoms with Crippen molar-refractivity contribution < 1.29 is 21.6 Å². The SMILES string of the molecule is CS(=O)(=O)N1CCC(Nc2cc(C(F)(F)F)ncn2)CC1. The molecule has 0 bridgehead atoms. The third-order valence-corrected chi connectivity index (χ3v) is 4.54. The molecule has 1 fully saturated rings. The molecule has 0 amide bonds. The van der Waals surface area contributed by atoms with Crippen molar-refractivity contribution in [2.24, 2.45) is 0 Å². The Balaban J connectivity index is 1.98. The Bertz CT molecular complexity index is 598. The van der Waals surface area contributed by atoms with E-state index in [-0.39, 0.29) is 11.9 Å². The van der Waals surface area contributed by atoms with E-state index in [0.717, 1.165) is 18.6 Å². The molecule has 0 unspecified atom stereocenters. The summed E-state index contributed by atoms with van der Waals surface area (Å²) in [6.45, 7) is 0.682. The Morgan fingerprint density at radius 1 is 1.29 bits per heavy atom. The fraction of sp³-hybridized carbons (Fsp3) is 0.636. The van der Waals surface area contributed by atoms with Crippen molar-refractivity contribution in [2.75, 3.05) is 24.7 Å². The zero-order chi connectivity index (χ0) is 15.7. The molecule has 1 aliphatic rings. The third kappa shape index (κ3) is 4.27. The monoisotopic (exact) mass is 324 g/mol. The highest BCUT2D eigenvalue weighted by atomic mass is 32.2. The van der Waals surface area contributed by atoms with Crippen LogP contribution in [0.3, 0.4) is 0 Å². The number of nitrogens with zero attached hydrogens (tertiary/aromatic N) is 3. The van der Waals surface area contributed by atoms with Crippen LogP contribution in [0.15, 0.2) is 12.4 Å². The Hall–Kier alpha value is -1.42. The average molecular weight is 324 g/mol. The van der Waals surface area contributed by atoms with Gasteiger partial charge in [-0.15, -0.1) is 0 Å². The lowest BCUT2D eigenvalue weighted by Crippen LogP contribution is -2.41. The first kappa shape index (κ1) is 16.0. The van der Waals surface area contributed by atoms with Crippen LogP contribution in [0.1, 0.15) is 18.5 Å². The smallest absolute Gasteiger partial charge is 0.367 e. The summed E-state index contributed by atoms with van der Waals surface area (Å²) in [5.41, 5.74) is -1.01. The molecule has 1 saturated heterocycles. The lowest BCUT2D eigenvalue weighted by atomic mass is 10.1. The molecule has 0 aliphatic carbocycles. The van der Waals surface area contributed by atoms with Crippen LogP contribution >= 0.6 is 0 Å². The van der Waals surface area contributed by atoms with Crippen LogP contribution in [-0.4, -0.2) is 48.1 Å². The van der Waals surface area contributed by atoms with Crippen LogP contribution in [0.5, 0.6) is 0 Å². The molecule has 1 aromatic heterocycles. The zero-order valence-electron chi connectivity index (χ0n) is 11.3. The van der Waals surface area contributed by atoms with Crippen LogP contribution in [0, 0.1) is 0 Å². The van der Waals surface area contributed by atoms with Gasteiger partial charge in [0.05, 0.1) is 6.26 Å². The first-order chi connectivity index (χ1) is 9.66. The molecule has 10 heteroatoms. The van der Waals surface area contributed by atoms with E-state index in [1.54, 1.807) is 0 Å². The number of anilines is 1. The van der Waals surface area contributed by atoms with E-state index >= 15 is 0 Å². The number of alkyl halides is 3. The maximum atomic E-state index is 12.5. The molecule has 0 aromatic carbocycles. The van der Waals surface area contributed by atoms with Gasteiger partial charge in [0, 0.05) is 25.2 Å². The van der Waals surface area contributed by atoms with Crippen molar-refractivity contribution in [2.45, 2.75) is 25.1 Å². The minimum atomic E-state index is -4.51. The summed E-state index contributed by atoms with van der Waals surface area (Å²) in [4.78, 5) is 6.95. The highest BCUT2D eigenvalue weighted by Gasteiger charge is 2.33. The van der Waals surface area contributed by atoms with Crippen molar-refractivity contribution in [3.63, 3.8) is 0 Å².